The second-order valence-corrected chi connectivity index (χ2v) is 10.3. The minimum atomic E-state index is -0.276. The molecule has 0 aliphatic rings. The summed E-state index contributed by atoms with van der Waals surface area (Å²) in [7, 11) is 0. The van der Waals surface area contributed by atoms with Crippen LogP contribution in [-0.2, 0) is 0 Å². The van der Waals surface area contributed by atoms with Crippen molar-refractivity contribution >= 4 is 32.3 Å². The summed E-state index contributed by atoms with van der Waals surface area (Å²) in [4.78, 5) is 14.3. The number of hydrogen-bond donors (Lipinski definition) is 0. The van der Waals surface area contributed by atoms with Crippen LogP contribution in [0.2, 0.25) is 0 Å². The van der Waals surface area contributed by atoms with Gasteiger partial charge in [0, 0.05) is 29.1 Å². The lowest BCUT2D eigenvalue weighted by atomic mass is 9.91. The Morgan fingerprint density at radius 3 is 1.68 bits per heavy atom. The van der Waals surface area contributed by atoms with Gasteiger partial charge in [0.05, 0.1) is 11.4 Å². The van der Waals surface area contributed by atoms with Gasteiger partial charge < -0.3 is 0 Å². The molecule has 192 valence electrons. The number of hydrogen-bond acceptors (Lipinski definition) is 3. The SMILES string of the molecule is Fc1ccc(-c2cc(-c3ccc(-c4ccncc4)cc3)nc(-c3ccc4ccc5cccc6ccc3c4c56)n2)cc1. The summed E-state index contributed by atoms with van der Waals surface area (Å²) in [6.45, 7) is 0. The first-order valence-electron chi connectivity index (χ1n) is 13.5. The van der Waals surface area contributed by atoms with E-state index in [9.17, 15) is 4.39 Å². The van der Waals surface area contributed by atoms with Crippen LogP contribution in [0.15, 0.2) is 134 Å². The van der Waals surface area contributed by atoms with E-state index in [1.807, 2.05) is 18.2 Å². The van der Waals surface area contributed by atoms with Crippen molar-refractivity contribution in [3.05, 3.63) is 140 Å². The van der Waals surface area contributed by atoms with Gasteiger partial charge in [-0.1, -0.05) is 72.8 Å². The van der Waals surface area contributed by atoms with Gasteiger partial charge in [-0.15, -0.1) is 0 Å². The zero-order valence-electron chi connectivity index (χ0n) is 21.9. The van der Waals surface area contributed by atoms with E-state index in [0.29, 0.717) is 5.82 Å². The highest BCUT2D eigenvalue weighted by Crippen LogP contribution is 2.39. The molecule has 0 unspecified atom stereocenters. The van der Waals surface area contributed by atoms with Crippen LogP contribution in [-0.4, -0.2) is 15.0 Å². The van der Waals surface area contributed by atoms with Crippen molar-refractivity contribution in [2.75, 3.05) is 0 Å². The molecule has 0 amide bonds. The van der Waals surface area contributed by atoms with Gasteiger partial charge in [-0.3, -0.25) is 4.98 Å². The van der Waals surface area contributed by atoms with Crippen molar-refractivity contribution in [1.29, 1.82) is 0 Å². The van der Waals surface area contributed by atoms with Crippen molar-refractivity contribution in [2.24, 2.45) is 0 Å². The summed E-state index contributed by atoms with van der Waals surface area (Å²) < 4.78 is 13.8. The number of nitrogens with zero attached hydrogens (tertiary/aromatic N) is 3. The van der Waals surface area contributed by atoms with Crippen molar-refractivity contribution in [3.63, 3.8) is 0 Å². The minimum Gasteiger partial charge on any atom is -0.265 e. The van der Waals surface area contributed by atoms with Gasteiger partial charge in [0.25, 0.3) is 0 Å². The van der Waals surface area contributed by atoms with E-state index in [4.69, 9.17) is 9.97 Å². The molecule has 2 aromatic heterocycles. The highest BCUT2D eigenvalue weighted by molar-refractivity contribution is 6.25. The molecule has 6 aromatic carbocycles. The van der Waals surface area contributed by atoms with Gasteiger partial charge in [-0.05, 0) is 92.0 Å². The summed E-state index contributed by atoms with van der Waals surface area (Å²) in [5.41, 5.74) is 6.55. The molecular weight excluding hydrogens is 505 g/mol. The zero-order valence-corrected chi connectivity index (χ0v) is 21.9. The van der Waals surface area contributed by atoms with E-state index in [1.165, 1.54) is 39.1 Å². The number of aromatic nitrogens is 3. The molecule has 8 aromatic rings. The van der Waals surface area contributed by atoms with Gasteiger partial charge in [0.15, 0.2) is 5.82 Å². The maximum Gasteiger partial charge on any atom is 0.161 e. The Morgan fingerprint density at radius 1 is 0.463 bits per heavy atom. The third-order valence-corrected chi connectivity index (χ3v) is 7.83. The molecule has 0 spiro atoms. The number of rotatable bonds is 4. The monoisotopic (exact) mass is 527 g/mol. The molecule has 0 aliphatic heterocycles. The summed E-state index contributed by atoms with van der Waals surface area (Å²) in [6, 6.07) is 40.2. The van der Waals surface area contributed by atoms with E-state index < -0.39 is 0 Å². The molecular formula is C37H22FN3. The van der Waals surface area contributed by atoms with Crippen molar-refractivity contribution in [3.8, 4) is 45.0 Å². The predicted octanol–water partition coefficient (Wildman–Crippen LogP) is 9.58. The molecule has 0 atom stereocenters. The Morgan fingerprint density at radius 2 is 1.00 bits per heavy atom. The topological polar surface area (TPSA) is 38.7 Å². The van der Waals surface area contributed by atoms with Crippen LogP contribution in [0.3, 0.4) is 0 Å². The van der Waals surface area contributed by atoms with Gasteiger partial charge in [0.2, 0.25) is 0 Å². The predicted molar refractivity (Wildman–Crippen MR) is 165 cm³/mol. The Balaban J connectivity index is 1.34. The first kappa shape index (κ1) is 23.4. The minimum absolute atomic E-state index is 0.276. The molecule has 0 radical (unpaired) electrons. The summed E-state index contributed by atoms with van der Waals surface area (Å²) in [5.74, 6) is 0.361. The van der Waals surface area contributed by atoms with E-state index in [0.717, 1.165) is 44.6 Å². The fourth-order valence-electron chi connectivity index (χ4n) is 5.79. The van der Waals surface area contributed by atoms with E-state index in [1.54, 1.807) is 24.5 Å². The maximum absolute atomic E-state index is 13.8. The van der Waals surface area contributed by atoms with Crippen molar-refractivity contribution < 1.29 is 4.39 Å². The summed E-state index contributed by atoms with van der Waals surface area (Å²) >= 11 is 0. The van der Waals surface area contributed by atoms with Crippen LogP contribution < -0.4 is 0 Å². The fourth-order valence-corrected chi connectivity index (χ4v) is 5.79. The Hall–Kier alpha value is -5.48. The van der Waals surface area contributed by atoms with Gasteiger partial charge in [0.1, 0.15) is 5.82 Å². The molecule has 8 rings (SSSR count). The molecule has 0 aliphatic carbocycles. The van der Waals surface area contributed by atoms with E-state index in [-0.39, 0.29) is 5.82 Å². The first-order chi connectivity index (χ1) is 20.2. The van der Waals surface area contributed by atoms with Crippen molar-refractivity contribution in [2.45, 2.75) is 0 Å². The van der Waals surface area contributed by atoms with Crippen LogP contribution >= 0.6 is 0 Å². The first-order valence-corrected chi connectivity index (χ1v) is 13.5. The van der Waals surface area contributed by atoms with Crippen molar-refractivity contribution in [1.82, 2.24) is 15.0 Å². The van der Waals surface area contributed by atoms with Crippen LogP contribution in [0.25, 0.3) is 77.3 Å². The average molecular weight is 528 g/mol. The number of pyridine rings is 1. The number of halogens is 1. The summed E-state index contributed by atoms with van der Waals surface area (Å²) in [6.07, 6.45) is 3.59. The third-order valence-electron chi connectivity index (χ3n) is 7.83. The van der Waals surface area contributed by atoms with Gasteiger partial charge in [-0.25, -0.2) is 14.4 Å². The van der Waals surface area contributed by atoms with Crippen LogP contribution in [0.4, 0.5) is 4.39 Å². The van der Waals surface area contributed by atoms with Crippen LogP contribution in [0, 0.1) is 5.82 Å². The normalized spacial score (nSPS) is 11.5. The van der Waals surface area contributed by atoms with Gasteiger partial charge in [-0.2, -0.15) is 0 Å². The zero-order chi connectivity index (χ0) is 27.3. The molecule has 0 fully saturated rings. The lowest BCUT2D eigenvalue weighted by molar-refractivity contribution is 0.628. The Kier molecular flexibility index (Phi) is 5.32. The quantitative estimate of drug-likeness (QED) is 0.214. The third kappa shape index (κ3) is 4.00. The standard InChI is InChI=1S/C37H22FN3/c38-30-14-10-26(11-15-30)34-22-33(25-6-4-23(5-7-25)24-18-20-39-21-19-24)40-37(41-34)32-17-13-29-9-8-27-2-1-3-28-12-16-31(32)36(29)35(27)28/h1-22H. The molecule has 2 heterocycles. The maximum atomic E-state index is 13.8. The second kappa shape index (κ2) is 9.32. The molecule has 0 N–H and O–H groups in total. The number of benzene rings is 6. The highest BCUT2D eigenvalue weighted by atomic mass is 19.1. The second-order valence-electron chi connectivity index (χ2n) is 10.3. The lowest BCUT2D eigenvalue weighted by Gasteiger charge is -2.15. The molecule has 0 saturated heterocycles. The Labute approximate surface area is 236 Å². The summed E-state index contributed by atoms with van der Waals surface area (Å²) in [5, 5.41) is 7.21. The highest BCUT2D eigenvalue weighted by Gasteiger charge is 2.16. The molecule has 41 heavy (non-hydrogen) atoms. The lowest BCUT2D eigenvalue weighted by Crippen LogP contribution is -1.97. The van der Waals surface area contributed by atoms with Gasteiger partial charge >= 0.3 is 0 Å². The Bertz CT molecular complexity index is 2170. The molecule has 0 saturated carbocycles. The van der Waals surface area contributed by atoms with Crippen LogP contribution in [0.5, 0.6) is 0 Å². The smallest absolute Gasteiger partial charge is 0.161 e. The largest absolute Gasteiger partial charge is 0.265 e. The molecule has 4 heteroatoms. The molecule has 0 bridgehead atoms. The van der Waals surface area contributed by atoms with E-state index >= 15 is 0 Å². The fraction of sp³-hybridized carbons (Fsp3) is 0. The average Bonchev–Trinajstić information content (AvgIpc) is 3.04. The van der Waals surface area contributed by atoms with E-state index in [2.05, 4.69) is 83.8 Å². The molecule has 3 nitrogen and oxygen atoms in total. The van der Waals surface area contributed by atoms with Crippen LogP contribution in [0.1, 0.15) is 0 Å².